The number of aromatic nitrogens is 1. The summed E-state index contributed by atoms with van der Waals surface area (Å²) in [5, 5.41) is 1.11. The van der Waals surface area contributed by atoms with Gasteiger partial charge < -0.3 is 15.0 Å². The van der Waals surface area contributed by atoms with Gasteiger partial charge >= 0.3 is 5.97 Å². The van der Waals surface area contributed by atoms with Crippen LogP contribution in [-0.2, 0) is 16.6 Å². The highest BCUT2D eigenvalue weighted by atomic mass is 16.5. The SMILES string of the molecule is CCOC(=O)C(N)C(c1ccccc1)c1cn(C)c2ccccc12. The molecule has 0 aliphatic carbocycles. The van der Waals surface area contributed by atoms with Crippen LogP contribution in [0.3, 0.4) is 0 Å². The second-order valence-corrected chi connectivity index (χ2v) is 5.88. The van der Waals surface area contributed by atoms with E-state index in [9.17, 15) is 4.79 Å². The zero-order valence-corrected chi connectivity index (χ0v) is 14.0. The molecule has 24 heavy (non-hydrogen) atoms. The molecule has 0 fully saturated rings. The van der Waals surface area contributed by atoms with E-state index in [4.69, 9.17) is 10.5 Å². The van der Waals surface area contributed by atoms with E-state index in [1.165, 1.54) is 0 Å². The van der Waals surface area contributed by atoms with Crippen molar-refractivity contribution in [1.29, 1.82) is 0 Å². The predicted molar refractivity (Wildman–Crippen MR) is 95.8 cm³/mol. The number of carbonyl (C=O) groups excluding carboxylic acids is 1. The largest absolute Gasteiger partial charge is 0.465 e. The van der Waals surface area contributed by atoms with Crippen LogP contribution in [0, 0.1) is 0 Å². The van der Waals surface area contributed by atoms with Crippen molar-refractivity contribution in [3.8, 4) is 0 Å². The smallest absolute Gasteiger partial charge is 0.323 e. The minimum Gasteiger partial charge on any atom is -0.465 e. The average molecular weight is 322 g/mol. The number of benzene rings is 2. The lowest BCUT2D eigenvalue weighted by atomic mass is 9.85. The second kappa shape index (κ2) is 6.89. The number of carbonyl (C=O) groups is 1. The maximum absolute atomic E-state index is 12.3. The van der Waals surface area contributed by atoms with Crippen LogP contribution in [0.15, 0.2) is 60.8 Å². The normalized spacial score (nSPS) is 13.6. The zero-order chi connectivity index (χ0) is 17.1. The number of nitrogens with zero attached hydrogens (tertiary/aromatic N) is 1. The van der Waals surface area contributed by atoms with Gasteiger partial charge in [0.2, 0.25) is 0 Å². The number of nitrogens with two attached hydrogens (primary N) is 1. The fraction of sp³-hybridized carbons (Fsp3) is 0.250. The summed E-state index contributed by atoms with van der Waals surface area (Å²) in [5.41, 5.74) is 9.49. The Morgan fingerprint density at radius 2 is 1.79 bits per heavy atom. The van der Waals surface area contributed by atoms with Gasteiger partial charge in [-0.3, -0.25) is 4.79 Å². The molecule has 2 N–H and O–H groups in total. The van der Waals surface area contributed by atoms with Gasteiger partial charge in [0, 0.05) is 30.1 Å². The summed E-state index contributed by atoms with van der Waals surface area (Å²) in [6.07, 6.45) is 2.06. The highest BCUT2D eigenvalue weighted by Gasteiger charge is 2.30. The van der Waals surface area contributed by atoms with E-state index in [1.807, 2.05) is 49.5 Å². The Balaban J connectivity index is 2.15. The van der Waals surface area contributed by atoms with Crippen molar-refractivity contribution in [2.45, 2.75) is 18.9 Å². The highest BCUT2D eigenvalue weighted by molar-refractivity contribution is 5.87. The molecule has 124 valence electrons. The molecule has 0 aliphatic rings. The van der Waals surface area contributed by atoms with E-state index in [0.29, 0.717) is 6.61 Å². The highest BCUT2D eigenvalue weighted by Crippen LogP contribution is 2.34. The van der Waals surface area contributed by atoms with Gasteiger partial charge in [-0.1, -0.05) is 48.5 Å². The molecule has 0 spiro atoms. The Morgan fingerprint density at radius 1 is 1.12 bits per heavy atom. The monoisotopic (exact) mass is 322 g/mol. The van der Waals surface area contributed by atoms with Crippen molar-refractivity contribution in [2.75, 3.05) is 6.61 Å². The third kappa shape index (κ3) is 2.93. The molecule has 0 radical (unpaired) electrons. The quantitative estimate of drug-likeness (QED) is 0.734. The molecule has 0 aliphatic heterocycles. The fourth-order valence-electron chi connectivity index (χ4n) is 3.24. The van der Waals surface area contributed by atoms with Gasteiger partial charge in [-0.15, -0.1) is 0 Å². The van der Waals surface area contributed by atoms with Crippen molar-refractivity contribution in [3.05, 3.63) is 71.9 Å². The van der Waals surface area contributed by atoms with Gasteiger partial charge in [0.05, 0.1) is 6.61 Å². The first-order valence-electron chi connectivity index (χ1n) is 8.14. The lowest BCUT2D eigenvalue weighted by Gasteiger charge is -2.23. The lowest BCUT2D eigenvalue weighted by molar-refractivity contribution is -0.145. The first-order valence-corrected chi connectivity index (χ1v) is 8.14. The maximum atomic E-state index is 12.3. The number of hydrogen-bond acceptors (Lipinski definition) is 3. The molecule has 4 heteroatoms. The number of fused-ring (bicyclic) bond motifs is 1. The number of para-hydroxylation sites is 1. The van der Waals surface area contributed by atoms with Crippen molar-refractivity contribution in [1.82, 2.24) is 4.57 Å². The Morgan fingerprint density at radius 3 is 2.50 bits per heavy atom. The topological polar surface area (TPSA) is 57.2 Å². The molecule has 0 bridgehead atoms. The third-order valence-corrected chi connectivity index (χ3v) is 4.34. The van der Waals surface area contributed by atoms with Crippen molar-refractivity contribution in [3.63, 3.8) is 0 Å². The molecule has 0 saturated heterocycles. The van der Waals surface area contributed by atoms with Gasteiger partial charge in [-0.05, 0) is 24.1 Å². The molecule has 2 atom stereocenters. The standard InChI is InChI=1S/C20H22N2O2/c1-3-24-20(23)19(21)18(14-9-5-4-6-10-14)16-13-22(2)17-12-8-7-11-15(16)17/h4-13,18-19H,3,21H2,1-2H3. The van der Waals surface area contributed by atoms with Crippen LogP contribution in [0.2, 0.25) is 0 Å². The molecule has 4 nitrogen and oxygen atoms in total. The van der Waals surface area contributed by atoms with Crippen LogP contribution >= 0.6 is 0 Å². The van der Waals surface area contributed by atoms with Crippen LogP contribution in [0.1, 0.15) is 24.0 Å². The number of hydrogen-bond donors (Lipinski definition) is 1. The van der Waals surface area contributed by atoms with E-state index in [0.717, 1.165) is 22.0 Å². The fourth-order valence-corrected chi connectivity index (χ4v) is 3.24. The molecule has 0 amide bonds. The predicted octanol–water partition coefficient (Wildman–Crippen LogP) is 3.20. The summed E-state index contributed by atoms with van der Waals surface area (Å²) >= 11 is 0. The third-order valence-electron chi connectivity index (χ3n) is 4.34. The van der Waals surface area contributed by atoms with Crippen molar-refractivity contribution < 1.29 is 9.53 Å². The number of rotatable bonds is 5. The molecule has 1 heterocycles. The average Bonchev–Trinajstić information content (AvgIpc) is 2.93. The second-order valence-electron chi connectivity index (χ2n) is 5.88. The van der Waals surface area contributed by atoms with Crippen molar-refractivity contribution in [2.24, 2.45) is 12.8 Å². The Kier molecular flexibility index (Phi) is 4.67. The number of aryl methyl sites for hydroxylation is 1. The van der Waals surface area contributed by atoms with E-state index in [-0.39, 0.29) is 11.9 Å². The first kappa shape index (κ1) is 16.3. The summed E-state index contributed by atoms with van der Waals surface area (Å²) in [6.45, 7) is 2.11. The minimum atomic E-state index is -0.752. The van der Waals surface area contributed by atoms with Crippen molar-refractivity contribution >= 4 is 16.9 Å². The van der Waals surface area contributed by atoms with Crippen LogP contribution < -0.4 is 5.73 Å². The molecular weight excluding hydrogens is 300 g/mol. The summed E-state index contributed by atoms with van der Waals surface area (Å²) in [7, 11) is 2.00. The number of esters is 1. The Bertz CT molecular complexity index is 839. The van der Waals surface area contributed by atoms with E-state index in [1.54, 1.807) is 6.92 Å². The Hall–Kier alpha value is -2.59. The van der Waals surface area contributed by atoms with Gasteiger partial charge in [0.15, 0.2) is 0 Å². The zero-order valence-electron chi connectivity index (χ0n) is 14.0. The molecule has 1 aromatic heterocycles. The maximum Gasteiger partial charge on any atom is 0.323 e. The van der Waals surface area contributed by atoms with Crippen LogP contribution in [-0.4, -0.2) is 23.2 Å². The van der Waals surface area contributed by atoms with E-state index in [2.05, 4.69) is 22.9 Å². The Labute approximate surface area is 141 Å². The lowest BCUT2D eigenvalue weighted by Crippen LogP contribution is -2.38. The molecule has 2 unspecified atom stereocenters. The molecule has 2 aromatic carbocycles. The molecular formula is C20H22N2O2. The van der Waals surface area contributed by atoms with E-state index < -0.39 is 6.04 Å². The summed E-state index contributed by atoms with van der Waals surface area (Å²) in [5.74, 6) is -0.629. The minimum absolute atomic E-state index is 0.253. The summed E-state index contributed by atoms with van der Waals surface area (Å²) in [4.78, 5) is 12.3. The van der Waals surface area contributed by atoms with E-state index >= 15 is 0 Å². The van der Waals surface area contributed by atoms with Gasteiger partial charge in [0.1, 0.15) is 6.04 Å². The van der Waals surface area contributed by atoms with Crippen LogP contribution in [0.5, 0.6) is 0 Å². The molecule has 3 rings (SSSR count). The summed E-state index contributed by atoms with van der Waals surface area (Å²) in [6, 6.07) is 17.3. The molecule has 0 saturated carbocycles. The van der Waals surface area contributed by atoms with Gasteiger partial charge in [0.25, 0.3) is 0 Å². The number of ether oxygens (including phenoxy) is 1. The molecule has 3 aromatic rings. The summed E-state index contributed by atoms with van der Waals surface area (Å²) < 4.78 is 7.24. The first-order chi connectivity index (χ1) is 11.6. The van der Waals surface area contributed by atoms with Gasteiger partial charge in [-0.2, -0.15) is 0 Å². The van der Waals surface area contributed by atoms with Crippen LogP contribution in [0.4, 0.5) is 0 Å². The van der Waals surface area contributed by atoms with Gasteiger partial charge in [-0.25, -0.2) is 0 Å². The van der Waals surface area contributed by atoms with Crippen LogP contribution in [0.25, 0.3) is 10.9 Å².